The molecule has 2 aromatic rings. The van der Waals surface area contributed by atoms with Gasteiger partial charge in [0.05, 0.1) is 23.2 Å². The van der Waals surface area contributed by atoms with E-state index in [1.54, 1.807) is 41.3 Å². The van der Waals surface area contributed by atoms with Crippen LogP contribution in [0.1, 0.15) is 49.0 Å². The molecule has 2 fully saturated rings. The van der Waals surface area contributed by atoms with E-state index in [-0.39, 0.29) is 28.8 Å². The molecule has 1 unspecified atom stereocenters. The third kappa shape index (κ3) is 5.53. The molecule has 2 amide bonds. The molecule has 4 rings (SSSR count). The lowest BCUT2D eigenvalue weighted by atomic mass is 9.80. The van der Waals surface area contributed by atoms with Crippen molar-refractivity contribution in [1.82, 2.24) is 15.6 Å². The number of Topliss-reactive ketones (excluding diaryl/α,β-unsaturated/α-hetero) is 1. The van der Waals surface area contributed by atoms with Crippen LogP contribution in [0.2, 0.25) is 0 Å². The average Bonchev–Trinajstić information content (AvgIpc) is 2.85. The number of benzene rings is 1. The zero-order chi connectivity index (χ0) is 25.1. The molecule has 2 heterocycles. The van der Waals surface area contributed by atoms with Crippen molar-refractivity contribution in [3.05, 3.63) is 54.4 Å². The predicted octanol–water partition coefficient (Wildman–Crippen LogP) is 1.88. The minimum atomic E-state index is -3.46. The normalized spacial score (nSPS) is 20.2. The molecule has 9 nitrogen and oxygen atoms in total. The van der Waals surface area contributed by atoms with Crippen molar-refractivity contribution in [3.63, 3.8) is 0 Å². The number of para-hydroxylation sites is 1. The van der Waals surface area contributed by atoms with Gasteiger partial charge in [0, 0.05) is 19.0 Å². The smallest absolute Gasteiger partial charge is 0.270 e. The molecule has 0 radical (unpaired) electrons. The van der Waals surface area contributed by atoms with Gasteiger partial charge in [-0.05, 0) is 43.5 Å². The first kappa shape index (κ1) is 24.8. The number of hydrogen-bond donors (Lipinski definition) is 2. The van der Waals surface area contributed by atoms with E-state index in [2.05, 4.69) is 15.6 Å². The fourth-order valence-corrected chi connectivity index (χ4v) is 5.76. The summed E-state index contributed by atoms with van der Waals surface area (Å²) in [5.41, 5.74) is -0.369. The summed E-state index contributed by atoms with van der Waals surface area (Å²) in [6, 6.07) is 10.9. The number of nitrogens with zero attached hydrogens (tertiary/aromatic N) is 2. The van der Waals surface area contributed by atoms with E-state index < -0.39 is 27.3 Å². The monoisotopic (exact) mass is 498 g/mol. The molecule has 0 bridgehead atoms. The quantitative estimate of drug-likeness (QED) is 0.623. The average molecular weight is 499 g/mol. The highest BCUT2D eigenvalue weighted by molar-refractivity contribution is 7.90. The molecule has 1 aliphatic carbocycles. The summed E-state index contributed by atoms with van der Waals surface area (Å²) in [5.74, 6) is -0.971. The molecule has 1 aromatic heterocycles. The lowest BCUT2D eigenvalue weighted by molar-refractivity contribution is -0.133. The topological polar surface area (TPSA) is 126 Å². The third-order valence-corrected chi connectivity index (χ3v) is 7.87. The van der Waals surface area contributed by atoms with Crippen LogP contribution in [0.3, 0.4) is 0 Å². The molecule has 35 heavy (non-hydrogen) atoms. The van der Waals surface area contributed by atoms with Gasteiger partial charge in [-0.2, -0.15) is 0 Å². The van der Waals surface area contributed by atoms with Crippen molar-refractivity contribution in [2.75, 3.05) is 24.2 Å². The van der Waals surface area contributed by atoms with Gasteiger partial charge in [0.15, 0.2) is 15.6 Å². The minimum absolute atomic E-state index is 0.00915. The van der Waals surface area contributed by atoms with Crippen LogP contribution in [-0.4, -0.2) is 61.9 Å². The maximum absolute atomic E-state index is 13.4. The van der Waals surface area contributed by atoms with E-state index in [1.165, 1.54) is 12.3 Å². The number of carbonyl (C=O) groups is 3. The zero-order valence-electron chi connectivity index (χ0n) is 19.7. The Kier molecular flexibility index (Phi) is 7.20. The second kappa shape index (κ2) is 10.2. The molecule has 1 aromatic carbocycles. The lowest BCUT2D eigenvalue weighted by Crippen LogP contribution is -2.63. The van der Waals surface area contributed by atoms with E-state index in [0.717, 1.165) is 25.5 Å². The van der Waals surface area contributed by atoms with Crippen molar-refractivity contribution in [2.45, 2.75) is 55.0 Å². The number of pyridine rings is 1. The van der Waals surface area contributed by atoms with Crippen LogP contribution < -0.4 is 15.5 Å². The highest BCUT2D eigenvalue weighted by Gasteiger charge is 2.43. The number of sulfone groups is 1. The van der Waals surface area contributed by atoms with Gasteiger partial charge in [0.25, 0.3) is 5.91 Å². The first-order valence-electron chi connectivity index (χ1n) is 11.8. The van der Waals surface area contributed by atoms with E-state index in [1.807, 2.05) is 0 Å². The molecule has 1 saturated heterocycles. The predicted molar refractivity (Wildman–Crippen MR) is 131 cm³/mol. The number of rotatable bonds is 6. The molecule has 1 saturated carbocycles. The Morgan fingerprint density at radius 2 is 1.77 bits per heavy atom. The van der Waals surface area contributed by atoms with Crippen LogP contribution in [0.5, 0.6) is 0 Å². The van der Waals surface area contributed by atoms with Crippen LogP contribution in [0, 0.1) is 0 Å². The molecular formula is C25H30N4O5S. The van der Waals surface area contributed by atoms with Crippen LogP contribution in [-0.2, 0) is 19.4 Å². The summed E-state index contributed by atoms with van der Waals surface area (Å²) in [6.45, 7) is 0.404. The summed E-state index contributed by atoms with van der Waals surface area (Å²) >= 11 is 0. The Morgan fingerprint density at radius 3 is 2.43 bits per heavy atom. The van der Waals surface area contributed by atoms with E-state index in [4.69, 9.17) is 0 Å². The van der Waals surface area contributed by atoms with Gasteiger partial charge < -0.3 is 15.5 Å². The van der Waals surface area contributed by atoms with E-state index in [0.29, 0.717) is 31.5 Å². The summed E-state index contributed by atoms with van der Waals surface area (Å²) in [5, 5.41) is 5.79. The molecule has 1 atom stereocenters. The number of anilines is 1. The summed E-state index contributed by atoms with van der Waals surface area (Å²) in [6.07, 6.45) is 6.56. The standard InChI is InChI=1S/C25H30N4O5S/c1-35(33,34)22-11-4-3-10-20(22)29-16-12-18(21(30)17-29)27-24(32)25(13-6-2-7-14-25)28-23(31)19-9-5-8-15-26-19/h3-5,8-11,15,18H,2,6-7,12-14,16-17H2,1H3,(H,27,32)(H,28,31). The Labute approximate surface area is 205 Å². The molecule has 2 N–H and O–H groups in total. The maximum Gasteiger partial charge on any atom is 0.270 e. The van der Waals surface area contributed by atoms with Gasteiger partial charge in [0.1, 0.15) is 11.2 Å². The Morgan fingerprint density at radius 1 is 1.06 bits per heavy atom. The third-order valence-electron chi connectivity index (χ3n) is 6.73. The van der Waals surface area contributed by atoms with E-state index >= 15 is 0 Å². The molecule has 186 valence electrons. The Hall–Kier alpha value is -3.27. The van der Waals surface area contributed by atoms with Crippen molar-refractivity contribution in [2.24, 2.45) is 0 Å². The Balaban J connectivity index is 1.46. The zero-order valence-corrected chi connectivity index (χ0v) is 20.5. The molecule has 10 heteroatoms. The number of amides is 2. The van der Waals surface area contributed by atoms with Crippen molar-refractivity contribution in [1.29, 1.82) is 0 Å². The highest BCUT2D eigenvalue weighted by Crippen LogP contribution is 2.30. The van der Waals surface area contributed by atoms with Crippen LogP contribution in [0.15, 0.2) is 53.6 Å². The number of carbonyl (C=O) groups excluding carboxylic acids is 3. The number of aromatic nitrogens is 1. The number of nitrogens with one attached hydrogen (secondary N) is 2. The highest BCUT2D eigenvalue weighted by atomic mass is 32.2. The van der Waals surface area contributed by atoms with Crippen LogP contribution in [0.25, 0.3) is 0 Å². The summed E-state index contributed by atoms with van der Waals surface area (Å²) in [7, 11) is -3.46. The van der Waals surface area contributed by atoms with Gasteiger partial charge in [-0.25, -0.2) is 8.42 Å². The number of ketones is 1. The fourth-order valence-electron chi connectivity index (χ4n) is 4.85. The number of hydrogen-bond acceptors (Lipinski definition) is 7. The van der Waals surface area contributed by atoms with Crippen molar-refractivity contribution >= 4 is 33.1 Å². The molecule has 0 spiro atoms. The second-order valence-electron chi connectivity index (χ2n) is 9.25. The first-order valence-corrected chi connectivity index (χ1v) is 13.7. The van der Waals surface area contributed by atoms with Gasteiger partial charge in [0.2, 0.25) is 5.91 Å². The Bertz CT molecular complexity index is 1210. The van der Waals surface area contributed by atoms with Gasteiger partial charge in [-0.1, -0.05) is 37.5 Å². The maximum atomic E-state index is 13.4. The lowest BCUT2D eigenvalue weighted by Gasteiger charge is -2.39. The molecular weight excluding hydrogens is 468 g/mol. The van der Waals surface area contributed by atoms with Crippen molar-refractivity contribution in [3.8, 4) is 0 Å². The van der Waals surface area contributed by atoms with Crippen LogP contribution >= 0.6 is 0 Å². The minimum Gasteiger partial charge on any atom is -0.363 e. The largest absolute Gasteiger partial charge is 0.363 e. The number of piperidine rings is 1. The fraction of sp³-hybridized carbons (Fsp3) is 0.440. The van der Waals surface area contributed by atoms with Gasteiger partial charge in [-0.15, -0.1) is 0 Å². The van der Waals surface area contributed by atoms with Gasteiger partial charge >= 0.3 is 0 Å². The van der Waals surface area contributed by atoms with Crippen LogP contribution in [0.4, 0.5) is 5.69 Å². The molecule has 1 aliphatic heterocycles. The molecule has 2 aliphatic rings. The summed E-state index contributed by atoms with van der Waals surface area (Å²) in [4.78, 5) is 45.3. The first-order chi connectivity index (χ1) is 16.7. The summed E-state index contributed by atoms with van der Waals surface area (Å²) < 4.78 is 24.4. The van der Waals surface area contributed by atoms with E-state index in [9.17, 15) is 22.8 Å². The second-order valence-corrected chi connectivity index (χ2v) is 11.2. The van der Waals surface area contributed by atoms with Gasteiger partial charge in [-0.3, -0.25) is 19.4 Å². The van der Waals surface area contributed by atoms with Crippen molar-refractivity contribution < 1.29 is 22.8 Å². The SMILES string of the molecule is CS(=O)(=O)c1ccccc1N1CCC(NC(=O)C2(NC(=O)c3ccccn3)CCCCC2)C(=O)C1.